The third kappa shape index (κ3) is 5.37. The fraction of sp³-hybridized carbons (Fsp3) is 0.115. The van der Waals surface area contributed by atoms with E-state index in [0.717, 1.165) is 39.7 Å². The lowest BCUT2D eigenvalue weighted by Gasteiger charge is -2.06. The molecule has 1 aromatic heterocycles. The number of para-hydroxylation sites is 1. The van der Waals surface area contributed by atoms with Gasteiger partial charge in [0.2, 0.25) is 0 Å². The first-order valence-corrected chi connectivity index (χ1v) is 10.8. The van der Waals surface area contributed by atoms with Crippen molar-refractivity contribution in [3.8, 4) is 21.9 Å². The van der Waals surface area contributed by atoms with Crippen LogP contribution in [0.4, 0.5) is 0 Å². The topological polar surface area (TPSA) is 38.3 Å². The van der Waals surface area contributed by atoms with Crippen LogP contribution in [0.2, 0.25) is 0 Å². The van der Waals surface area contributed by atoms with Crippen molar-refractivity contribution in [3.63, 3.8) is 0 Å². The van der Waals surface area contributed by atoms with Crippen LogP contribution in [0.15, 0.2) is 97.1 Å². The van der Waals surface area contributed by atoms with E-state index >= 15 is 0 Å². The van der Waals surface area contributed by atoms with Crippen molar-refractivity contribution in [1.82, 2.24) is 5.32 Å². The van der Waals surface area contributed by atoms with E-state index in [4.69, 9.17) is 4.74 Å². The third-order valence-electron chi connectivity index (χ3n) is 4.72. The Labute approximate surface area is 181 Å². The van der Waals surface area contributed by atoms with E-state index in [2.05, 4.69) is 17.4 Å². The Morgan fingerprint density at radius 1 is 0.767 bits per heavy atom. The highest BCUT2D eigenvalue weighted by Crippen LogP contribution is 2.30. The molecule has 0 aliphatic heterocycles. The number of aryl methyl sites for hydroxylation is 1. The smallest absolute Gasteiger partial charge is 0.261 e. The number of amides is 1. The second-order valence-corrected chi connectivity index (χ2v) is 8.03. The highest BCUT2D eigenvalue weighted by atomic mass is 32.1. The molecule has 150 valence electrons. The van der Waals surface area contributed by atoms with Gasteiger partial charge in [-0.3, -0.25) is 4.79 Å². The Hall–Kier alpha value is -3.37. The van der Waals surface area contributed by atoms with Crippen molar-refractivity contribution in [2.24, 2.45) is 0 Å². The summed E-state index contributed by atoms with van der Waals surface area (Å²) >= 11 is 1.51. The molecule has 0 aliphatic carbocycles. The molecule has 1 amide bonds. The molecular formula is C26H23NO2S. The Balaban J connectivity index is 1.30. The van der Waals surface area contributed by atoms with Crippen LogP contribution in [-0.2, 0) is 6.42 Å². The molecule has 4 rings (SSSR count). The van der Waals surface area contributed by atoms with Crippen LogP contribution in [-0.4, -0.2) is 12.5 Å². The van der Waals surface area contributed by atoms with Gasteiger partial charge in [-0.15, -0.1) is 11.3 Å². The second-order valence-electron chi connectivity index (χ2n) is 6.95. The normalized spacial score (nSPS) is 10.5. The van der Waals surface area contributed by atoms with Crippen molar-refractivity contribution in [1.29, 1.82) is 0 Å². The quantitative estimate of drug-likeness (QED) is 0.332. The molecule has 30 heavy (non-hydrogen) atoms. The number of hydrogen-bond acceptors (Lipinski definition) is 3. The second kappa shape index (κ2) is 9.90. The van der Waals surface area contributed by atoms with Crippen LogP contribution in [0.1, 0.15) is 21.7 Å². The third-order valence-corrected chi connectivity index (χ3v) is 5.85. The highest BCUT2D eigenvalue weighted by molar-refractivity contribution is 7.17. The van der Waals surface area contributed by atoms with E-state index < -0.39 is 0 Å². The first-order chi connectivity index (χ1) is 14.8. The number of carbonyl (C=O) groups excluding carboxylic acids is 1. The molecule has 0 saturated carbocycles. The number of carbonyl (C=O) groups is 1. The van der Waals surface area contributed by atoms with Gasteiger partial charge in [0.1, 0.15) is 11.5 Å². The van der Waals surface area contributed by atoms with Gasteiger partial charge in [-0.25, -0.2) is 0 Å². The lowest BCUT2D eigenvalue weighted by atomic mass is 10.1. The minimum atomic E-state index is -0.0108. The minimum Gasteiger partial charge on any atom is -0.457 e. The van der Waals surface area contributed by atoms with E-state index in [1.807, 2.05) is 84.9 Å². The van der Waals surface area contributed by atoms with Gasteiger partial charge in [0, 0.05) is 11.4 Å². The summed E-state index contributed by atoms with van der Waals surface area (Å²) in [5.41, 5.74) is 2.37. The van der Waals surface area contributed by atoms with Gasteiger partial charge in [-0.2, -0.15) is 0 Å². The Kier molecular flexibility index (Phi) is 6.58. The van der Waals surface area contributed by atoms with Crippen LogP contribution >= 0.6 is 11.3 Å². The first kappa shape index (κ1) is 19.9. The molecule has 4 heteroatoms. The molecule has 1 heterocycles. The maximum atomic E-state index is 12.4. The van der Waals surface area contributed by atoms with Crippen LogP contribution in [0.3, 0.4) is 0 Å². The number of benzene rings is 3. The van der Waals surface area contributed by atoms with Crippen LogP contribution in [0.25, 0.3) is 10.4 Å². The van der Waals surface area contributed by atoms with Gasteiger partial charge >= 0.3 is 0 Å². The summed E-state index contributed by atoms with van der Waals surface area (Å²) in [7, 11) is 0. The molecule has 0 fully saturated rings. The molecule has 0 aliphatic rings. The van der Waals surface area contributed by atoms with E-state index in [1.54, 1.807) is 0 Å². The monoisotopic (exact) mass is 413 g/mol. The summed E-state index contributed by atoms with van der Waals surface area (Å²) in [6.45, 7) is 0.673. The number of thiophene rings is 1. The molecule has 0 spiro atoms. The van der Waals surface area contributed by atoms with Crippen molar-refractivity contribution < 1.29 is 9.53 Å². The molecule has 0 radical (unpaired) electrons. The van der Waals surface area contributed by atoms with Crippen LogP contribution < -0.4 is 10.1 Å². The Bertz CT molecular complexity index is 1070. The zero-order valence-corrected chi connectivity index (χ0v) is 17.4. The minimum absolute atomic E-state index is 0.0108. The van der Waals surface area contributed by atoms with Gasteiger partial charge in [0.05, 0.1) is 4.88 Å². The Morgan fingerprint density at radius 2 is 1.43 bits per heavy atom. The fourth-order valence-corrected chi connectivity index (χ4v) is 4.08. The number of rotatable bonds is 8. The molecule has 0 atom stereocenters. The molecule has 0 unspecified atom stereocenters. The highest BCUT2D eigenvalue weighted by Gasteiger charge is 2.10. The number of hydrogen-bond donors (Lipinski definition) is 1. The lowest BCUT2D eigenvalue weighted by molar-refractivity contribution is 0.0957. The van der Waals surface area contributed by atoms with Crippen molar-refractivity contribution >= 4 is 17.2 Å². The molecule has 4 aromatic rings. The van der Waals surface area contributed by atoms with E-state index in [0.29, 0.717) is 6.54 Å². The molecule has 3 nitrogen and oxygen atoms in total. The summed E-state index contributed by atoms with van der Waals surface area (Å²) in [6.07, 6.45) is 1.89. The van der Waals surface area contributed by atoms with Crippen molar-refractivity contribution in [2.75, 3.05) is 6.54 Å². The summed E-state index contributed by atoms with van der Waals surface area (Å²) in [4.78, 5) is 14.2. The zero-order valence-electron chi connectivity index (χ0n) is 16.6. The molecular weight excluding hydrogens is 390 g/mol. The van der Waals surface area contributed by atoms with Gasteiger partial charge in [-0.1, -0.05) is 48.5 Å². The summed E-state index contributed by atoms with van der Waals surface area (Å²) in [6, 6.07) is 31.9. The summed E-state index contributed by atoms with van der Waals surface area (Å²) in [5.74, 6) is 1.59. The predicted molar refractivity (Wildman–Crippen MR) is 123 cm³/mol. The molecule has 0 bridgehead atoms. The number of nitrogens with one attached hydrogen (secondary N) is 1. The maximum absolute atomic E-state index is 12.4. The summed E-state index contributed by atoms with van der Waals surface area (Å²) < 4.78 is 5.84. The van der Waals surface area contributed by atoms with E-state index in [9.17, 15) is 4.79 Å². The Morgan fingerprint density at radius 3 is 2.17 bits per heavy atom. The van der Waals surface area contributed by atoms with Gasteiger partial charge < -0.3 is 10.1 Å². The standard InChI is InChI=1S/C26H23NO2S/c28-26(27-19-7-10-20-8-3-1-4-9-20)25-18-17-24(30-25)21-13-15-23(16-14-21)29-22-11-5-2-6-12-22/h1-6,8-9,11-18H,7,10,19H2,(H,27,28). The lowest BCUT2D eigenvalue weighted by Crippen LogP contribution is -2.23. The predicted octanol–water partition coefficient (Wildman–Crippen LogP) is 6.57. The first-order valence-electron chi connectivity index (χ1n) is 10.0. The number of ether oxygens (including phenoxy) is 1. The SMILES string of the molecule is O=C(NCCCc1ccccc1)c1ccc(-c2ccc(Oc3ccccc3)cc2)s1. The average Bonchev–Trinajstić information content (AvgIpc) is 3.29. The largest absolute Gasteiger partial charge is 0.457 e. The average molecular weight is 414 g/mol. The van der Waals surface area contributed by atoms with Crippen LogP contribution in [0.5, 0.6) is 11.5 Å². The fourth-order valence-electron chi connectivity index (χ4n) is 3.15. The summed E-state index contributed by atoms with van der Waals surface area (Å²) in [5, 5.41) is 3.02. The maximum Gasteiger partial charge on any atom is 0.261 e. The molecule has 3 aromatic carbocycles. The van der Waals surface area contributed by atoms with Gasteiger partial charge in [0.25, 0.3) is 5.91 Å². The zero-order chi connectivity index (χ0) is 20.6. The molecule has 0 saturated heterocycles. The molecule has 1 N–H and O–H groups in total. The van der Waals surface area contributed by atoms with Crippen LogP contribution in [0, 0.1) is 0 Å². The van der Waals surface area contributed by atoms with E-state index in [-0.39, 0.29) is 5.91 Å². The van der Waals surface area contributed by atoms with Crippen molar-refractivity contribution in [3.05, 3.63) is 108 Å². The van der Waals surface area contributed by atoms with E-state index in [1.165, 1.54) is 16.9 Å². The van der Waals surface area contributed by atoms with Crippen molar-refractivity contribution in [2.45, 2.75) is 12.8 Å². The van der Waals surface area contributed by atoms with Gasteiger partial charge in [0.15, 0.2) is 0 Å². The van der Waals surface area contributed by atoms with Gasteiger partial charge in [-0.05, 0) is 72.5 Å².